The smallest absolute Gasteiger partial charge is 0.288 e. The third kappa shape index (κ3) is 9.55. The number of amidine groups is 1. The summed E-state index contributed by atoms with van der Waals surface area (Å²) in [6, 6.07) is 17.6. The van der Waals surface area contributed by atoms with E-state index in [0.717, 1.165) is 30.4 Å². The number of nitrogens with zero attached hydrogens (tertiary/aromatic N) is 3. The van der Waals surface area contributed by atoms with E-state index >= 15 is 0 Å². The van der Waals surface area contributed by atoms with Gasteiger partial charge >= 0.3 is 0 Å². The molecule has 1 fully saturated rings. The van der Waals surface area contributed by atoms with Gasteiger partial charge in [-0.1, -0.05) is 107 Å². The fourth-order valence-electron chi connectivity index (χ4n) is 6.21. The zero-order valence-electron chi connectivity index (χ0n) is 27.2. The van der Waals surface area contributed by atoms with Crippen molar-refractivity contribution in [3.63, 3.8) is 0 Å². The molecule has 2 aliphatic rings. The molecule has 0 aromatic heterocycles. The van der Waals surface area contributed by atoms with Gasteiger partial charge in [-0.15, -0.1) is 0 Å². The van der Waals surface area contributed by atoms with Crippen LogP contribution in [0.15, 0.2) is 59.6 Å². The fourth-order valence-corrected chi connectivity index (χ4v) is 6.42. The number of hydrogen-bond acceptors (Lipinski definition) is 6. The second kappa shape index (κ2) is 16.4. The number of hydrogen-bond donors (Lipinski definition) is 1. The summed E-state index contributed by atoms with van der Waals surface area (Å²) in [5, 5.41) is 4.17. The molecule has 8 heteroatoms. The van der Waals surface area contributed by atoms with E-state index in [-0.39, 0.29) is 35.9 Å². The van der Waals surface area contributed by atoms with E-state index in [1.165, 1.54) is 12.8 Å². The molecule has 0 spiro atoms. The normalized spacial score (nSPS) is 21.0. The molecule has 0 saturated carbocycles. The van der Waals surface area contributed by atoms with Gasteiger partial charge in [-0.3, -0.25) is 9.59 Å². The molecule has 2 aromatic carbocycles. The standard InChI is InChI=1S/C36H51ClN4O3/c1-25(2)13-8-6-11-18-31(38-26(3)4)35(43)41-22-21-40(36-39-27(5)34(44-36)29-15-9-7-10-16-29)24-32(41)33(42)20-19-28-14-12-17-30(37)23-28/h7,9-10,12,14-17,23,25-27,31-32,34,38H,6,8,11,13,18-22,24H2,1-5H3/t27-,31+,32-,34+/m0/s1. The largest absolute Gasteiger partial charge is 0.455 e. The van der Waals surface area contributed by atoms with Crippen LogP contribution in [0.2, 0.25) is 5.02 Å². The van der Waals surface area contributed by atoms with Gasteiger partial charge in [0.25, 0.3) is 6.02 Å². The number of unbranched alkanes of at least 4 members (excludes halogenated alkanes) is 2. The highest BCUT2D eigenvalue weighted by atomic mass is 35.5. The van der Waals surface area contributed by atoms with E-state index < -0.39 is 6.04 Å². The first-order chi connectivity index (χ1) is 21.1. The number of nitrogens with one attached hydrogen (secondary N) is 1. The van der Waals surface area contributed by atoms with Crippen LogP contribution in [0.5, 0.6) is 0 Å². The number of piperazine rings is 1. The Morgan fingerprint density at radius 3 is 2.45 bits per heavy atom. The number of carbonyl (C=O) groups excluding carboxylic acids is 2. The number of rotatable bonds is 14. The van der Waals surface area contributed by atoms with E-state index in [1.807, 2.05) is 47.4 Å². The Morgan fingerprint density at radius 2 is 1.75 bits per heavy atom. The first-order valence-electron chi connectivity index (χ1n) is 16.5. The van der Waals surface area contributed by atoms with E-state index in [2.05, 4.69) is 57.0 Å². The second-order valence-electron chi connectivity index (χ2n) is 13.1. The first-order valence-corrected chi connectivity index (χ1v) is 16.9. The minimum absolute atomic E-state index is 0.0214. The summed E-state index contributed by atoms with van der Waals surface area (Å²) in [5.41, 5.74) is 2.10. The highest BCUT2D eigenvalue weighted by Crippen LogP contribution is 2.31. The molecule has 0 unspecified atom stereocenters. The Labute approximate surface area is 269 Å². The van der Waals surface area contributed by atoms with Gasteiger partial charge in [0.15, 0.2) is 5.78 Å². The predicted octanol–water partition coefficient (Wildman–Crippen LogP) is 6.84. The minimum atomic E-state index is -0.579. The Kier molecular flexibility index (Phi) is 12.7. The maximum Gasteiger partial charge on any atom is 0.288 e. The summed E-state index contributed by atoms with van der Waals surface area (Å²) in [4.78, 5) is 36.9. The van der Waals surface area contributed by atoms with Crippen molar-refractivity contribution in [1.29, 1.82) is 0 Å². The van der Waals surface area contributed by atoms with Gasteiger partial charge in [0.05, 0.1) is 12.1 Å². The van der Waals surface area contributed by atoms with Gasteiger partial charge in [0, 0.05) is 37.1 Å². The lowest BCUT2D eigenvalue weighted by molar-refractivity contribution is -0.144. The SMILES string of the molecule is CC(C)CCCCC[C@@H](NC(C)C)C(=O)N1CCN(C2=N[C@@H](C)[C@H](c3ccccc3)O2)C[C@H]1C(=O)CCc1cccc(Cl)c1. The highest BCUT2D eigenvalue weighted by molar-refractivity contribution is 6.30. The number of amides is 1. The molecule has 2 aliphatic heterocycles. The lowest BCUT2D eigenvalue weighted by Crippen LogP contribution is -2.62. The zero-order valence-corrected chi connectivity index (χ0v) is 27.9. The average Bonchev–Trinajstić information content (AvgIpc) is 3.40. The molecule has 2 aromatic rings. The van der Waals surface area contributed by atoms with Crippen LogP contribution in [0, 0.1) is 5.92 Å². The number of Topliss-reactive ketones (excluding diaryl/α,β-unsaturated/α-hetero) is 1. The molecule has 0 bridgehead atoms. The summed E-state index contributed by atoms with van der Waals surface area (Å²) in [6.07, 6.45) is 5.98. The number of aliphatic imine (C=N–C) groups is 1. The van der Waals surface area contributed by atoms with Crippen LogP contribution in [0.1, 0.15) is 90.4 Å². The highest BCUT2D eigenvalue weighted by Gasteiger charge is 2.41. The van der Waals surface area contributed by atoms with Crippen LogP contribution in [0.3, 0.4) is 0 Å². The van der Waals surface area contributed by atoms with Gasteiger partial charge in [-0.2, -0.15) is 0 Å². The maximum absolute atomic E-state index is 14.2. The Morgan fingerprint density at radius 1 is 1.00 bits per heavy atom. The third-order valence-corrected chi connectivity index (χ3v) is 8.81. The molecule has 44 heavy (non-hydrogen) atoms. The fraction of sp³-hybridized carbons (Fsp3) is 0.583. The maximum atomic E-state index is 14.2. The number of ketones is 1. The van der Waals surface area contributed by atoms with Gasteiger partial charge < -0.3 is 19.9 Å². The van der Waals surface area contributed by atoms with E-state index in [4.69, 9.17) is 21.3 Å². The van der Waals surface area contributed by atoms with Crippen molar-refractivity contribution in [2.75, 3.05) is 19.6 Å². The van der Waals surface area contributed by atoms with Crippen molar-refractivity contribution in [2.45, 2.75) is 110 Å². The average molecular weight is 623 g/mol. The molecule has 1 saturated heterocycles. The summed E-state index contributed by atoms with van der Waals surface area (Å²) in [7, 11) is 0. The molecular weight excluding hydrogens is 572 g/mol. The van der Waals surface area contributed by atoms with Crippen molar-refractivity contribution in [3.05, 3.63) is 70.7 Å². The van der Waals surface area contributed by atoms with E-state index in [9.17, 15) is 9.59 Å². The van der Waals surface area contributed by atoms with Crippen molar-refractivity contribution in [2.24, 2.45) is 10.9 Å². The number of aryl methyl sites for hydroxylation is 1. The Balaban J connectivity index is 1.49. The van der Waals surface area contributed by atoms with Crippen LogP contribution < -0.4 is 5.32 Å². The van der Waals surface area contributed by atoms with Crippen LogP contribution in [-0.4, -0.2) is 71.3 Å². The minimum Gasteiger partial charge on any atom is -0.455 e. The quantitative estimate of drug-likeness (QED) is 0.233. The van der Waals surface area contributed by atoms with Crippen LogP contribution in [0.4, 0.5) is 0 Å². The molecule has 0 aliphatic carbocycles. The number of ether oxygens (including phenoxy) is 1. The zero-order chi connectivity index (χ0) is 31.6. The molecule has 1 N–H and O–H groups in total. The Hall–Kier alpha value is -2.90. The summed E-state index contributed by atoms with van der Waals surface area (Å²) < 4.78 is 6.39. The van der Waals surface area contributed by atoms with E-state index in [1.54, 1.807) is 0 Å². The Bertz CT molecular complexity index is 1250. The molecule has 2 heterocycles. The van der Waals surface area contributed by atoms with Crippen LogP contribution >= 0.6 is 11.6 Å². The lowest BCUT2D eigenvalue weighted by atomic mass is 9.98. The van der Waals surface area contributed by atoms with Crippen molar-refractivity contribution >= 4 is 29.3 Å². The monoisotopic (exact) mass is 622 g/mol. The summed E-state index contributed by atoms with van der Waals surface area (Å²) in [5.74, 6) is 0.762. The van der Waals surface area contributed by atoms with Crippen LogP contribution in [-0.2, 0) is 20.7 Å². The summed E-state index contributed by atoms with van der Waals surface area (Å²) >= 11 is 6.21. The van der Waals surface area contributed by atoms with Crippen molar-refractivity contribution in [3.8, 4) is 0 Å². The molecule has 4 atom stereocenters. The van der Waals surface area contributed by atoms with Gasteiger partial charge in [0.1, 0.15) is 12.1 Å². The number of benzene rings is 2. The molecule has 7 nitrogen and oxygen atoms in total. The molecule has 0 radical (unpaired) electrons. The summed E-state index contributed by atoms with van der Waals surface area (Å²) in [6.45, 7) is 12.1. The van der Waals surface area contributed by atoms with Gasteiger partial charge in [-0.05, 0) is 48.9 Å². The molecule has 1 amide bonds. The van der Waals surface area contributed by atoms with Crippen LogP contribution in [0.25, 0.3) is 0 Å². The van der Waals surface area contributed by atoms with Gasteiger partial charge in [0.2, 0.25) is 5.91 Å². The van der Waals surface area contributed by atoms with Crippen molar-refractivity contribution in [1.82, 2.24) is 15.1 Å². The van der Waals surface area contributed by atoms with Crippen molar-refractivity contribution < 1.29 is 14.3 Å². The lowest BCUT2D eigenvalue weighted by Gasteiger charge is -2.42. The second-order valence-corrected chi connectivity index (χ2v) is 13.5. The predicted molar refractivity (Wildman–Crippen MR) is 179 cm³/mol. The topological polar surface area (TPSA) is 74.2 Å². The third-order valence-electron chi connectivity index (χ3n) is 8.57. The number of halogens is 1. The van der Waals surface area contributed by atoms with Gasteiger partial charge in [-0.25, -0.2) is 4.99 Å². The molecule has 240 valence electrons. The first kappa shape index (κ1) is 34.0. The number of carbonyl (C=O) groups is 2. The molecule has 4 rings (SSSR count). The van der Waals surface area contributed by atoms with E-state index in [0.29, 0.717) is 49.4 Å². The molecular formula is C36H51ClN4O3.